The molecule has 2 heterocycles. The third-order valence-corrected chi connectivity index (χ3v) is 5.61. The Morgan fingerprint density at radius 1 is 0.867 bits per heavy atom. The lowest BCUT2D eigenvalue weighted by atomic mass is 9.92. The fourth-order valence-corrected chi connectivity index (χ4v) is 4.15. The number of anilines is 2. The first-order chi connectivity index (χ1) is 14.6. The summed E-state index contributed by atoms with van der Waals surface area (Å²) >= 11 is 0. The molecule has 0 saturated carbocycles. The molecule has 0 unspecified atom stereocenters. The van der Waals surface area contributed by atoms with Crippen LogP contribution in [0.15, 0.2) is 54.6 Å². The second-order valence-electron chi connectivity index (χ2n) is 7.26. The molecule has 2 amide bonds. The Balaban J connectivity index is 1.63. The Kier molecular flexibility index (Phi) is 4.25. The lowest BCUT2D eigenvalue weighted by Crippen LogP contribution is -2.41. The summed E-state index contributed by atoms with van der Waals surface area (Å²) in [6.45, 7) is 2.78. The fraction of sp³-hybridized carbons (Fsp3) is 0.174. The fourth-order valence-electron chi connectivity index (χ4n) is 4.15. The molecule has 3 aromatic carbocycles. The first kappa shape index (κ1) is 18.3. The molecule has 3 aromatic rings. The molecule has 1 saturated heterocycles. The minimum atomic E-state index is -1.07. The Morgan fingerprint density at radius 3 is 2.20 bits per heavy atom. The summed E-state index contributed by atoms with van der Waals surface area (Å²) in [5.74, 6) is -1.90. The topological polar surface area (TPSA) is 87.2 Å². The molecule has 0 aliphatic carbocycles. The molecule has 1 N–H and O–H groups in total. The second-order valence-corrected chi connectivity index (χ2v) is 7.26. The summed E-state index contributed by atoms with van der Waals surface area (Å²) in [4.78, 5) is 41.0. The second kappa shape index (κ2) is 6.96. The van der Waals surface area contributed by atoms with Crippen molar-refractivity contribution in [2.75, 3.05) is 36.1 Å². The van der Waals surface area contributed by atoms with Crippen molar-refractivity contribution in [3.63, 3.8) is 0 Å². The number of aromatic carboxylic acids is 1. The van der Waals surface area contributed by atoms with Crippen molar-refractivity contribution >= 4 is 39.9 Å². The molecule has 0 aromatic heterocycles. The van der Waals surface area contributed by atoms with Crippen LogP contribution in [-0.4, -0.2) is 49.2 Å². The summed E-state index contributed by atoms with van der Waals surface area (Å²) in [6.07, 6.45) is 0. The van der Waals surface area contributed by atoms with Gasteiger partial charge in [0.05, 0.1) is 24.5 Å². The van der Waals surface area contributed by atoms with E-state index in [1.807, 2.05) is 18.2 Å². The molecule has 7 heteroatoms. The van der Waals surface area contributed by atoms with E-state index < -0.39 is 17.8 Å². The van der Waals surface area contributed by atoms with Crippen LogP contribution in [0.3, 0.4) is 0 Å². The lowest BCUT2D eigenvalue weighted by Gasteiger charge is -2.32. The minimum Gasteiger partial charge on any atom is -0.478 e. The van der Waals surface area contributed by atoms with Crippen LogP contribution in [-0.2, 0) is 4.74 Å². The third kappa shape index (κ3) is 2.74. The van der Waals surface area contributed by atoms with Crippen molar-refractivity contribution in [2.24, 2.45) is 0 Å². The zero-order valence-electron chi connectivity index (χ0n) is 16.0. The van der Waals surface area contributed by atoms with E-state index in [0.29, 0.717) is 35.4 Å². The Hall–Kier alpha value is -3.71. The van der Waals surface area contributed by atoms with Gasteiger partial charge in [0.25, 0.3) is 11.8 Å². The molecular formula is C23H18N2O5. The van der Waals surface area contributed by atoms with Crippen molar-refractivity contribution in [2.45, 2.75) is 0 Å². The molecule has 30 heavy (non-hydrogen) atoms. The number of ether oxygens (including phenoxy) is 1. The van der Waals surface area contributed by atoms with Gasteiger partial charge in [-0.1, -0.05) is 12.1 Å². The van der Waals surface area contributed by atoms with E-state index in [1.54, 1.807) is 12.1 Å². The van der Waals surface area contributed by atoms with Gasteiger partial charge in [-0.3, -0.25) is 9.59 Å². The smallest absolute Gasteiger partial charge is 0.335 e. The van der Waals surface area contributed by atoms with E-state index in [-0.39, 0.29) is 5.56 Å². The molecule has 2 aliphatic rings. The van der Waals surface area contributed by atoms with Gasteiger partial charge >= 0.3 is 5.97 Å². The average molecular weight is 402 g/mol. The number of imide groups is 1. The highest BCUT2D eigenvalue weighted by molar-refractivity contribution is 6.36. The highest BCUT2D eigenvalue weighted by atomic mass is 16.5. The van der Waals surface area contributed by atoms with E-state index in [1.165, 1.54) is 24.3 Å². The largest absolute Gasteiger partial charge is 0.478 e. The van der Waals surface area contributed by atoms with Crippen LogP contribution in [0, 0.1) is 0 Å². The van der Waals surface area contributed by atoms with Crippen LogP contribution in [0.4, 0.5) is 11.4 Å². The van der Waals surface area contributed by atoms with Crippen LogP contribution in [0.5, 0.6) is 0 Å². The van der Waals surface area contributed by atoms with Crippen molar-refractivity contribution < 1.29 is 24.2 Å². The summed E-state index contributed by atoms with van der Waals surface area (Å²) in [6, 6.07) is 14.9. The molecule has 0 bridgehead atoms. The van der Waals surface area contributed by atoms with Crippen molar-refractivity contribution in [1.29, 1.82) is 0 Å². The average Bonchev–Trinajstić information content (AvgIpc) is 2.78. The number of benzene rings is 3. The molecule has 5 rings (SSSR count). The lowest BCUT2D eigenvalue weighted by molar-refractivity contribution is 0.0696. The van der Waals surface area contributed by atoms with Gasteiger partial charge in [0.1, 0.15) is 0 Å². The maximum absolute atomic E-state index is 13.3. The van der Waals surface area contributed by atoms with E-state index >= 15 is 0 Å². The number of amides is 2. The SMILES string of the molecule is O=C(O)c1ccc(N2C(=O)c3cccc4c(N5CCOCC5)ccc(c34)C2=O)cc1. The number of hydrogen-bond donors (Lipinski definition) is 1. The number of morpholine rings is 1. The highest BCUT2D eigenvalue weighted by Crippen LogP contribution is 2.37. The summed E-state index contributed by atoms with van der Waals surface area (Å²) in [5.41, 5.74) is 2.33. The van der Waals surface area contributed by atoms with Crippen molar-refractivity contribution in [3.8, 4) is 0 Å². The number of carbonyl (C=O) groups excluding carboxylic acids is 2. The zero-order chi connectivity index (χ0) is 20.8. The maximum Gasteiger partial charge on any atom is 0.335 e. The number of carboxylic acids is 1. The van der Waals surface area contributed by atoms with Gasteiger partial charge in [-0.25, -0.2) is 9.69 Å². The molecule has 0 atom stereocenters. The first-order valence-corrected chi connectivity index (χ1v) is 9.67. The quantitative estimate of drug-likeness (QED) is 0.677. The van der Waals surface area contributed by atoms with E-state index in [9.17, 15) is 14.4 Å². The first-order valence-electron chi connectivity index (χ1n) is 9.67. The zero-order valence-corrected chi connectivity index (χ0v) is 16.0. The van der Waals surface area contributed by atoms with Gasteiger partial charge < -0.3 is 14.7 Å². The normalized spacial score (nSPS) is 16.3. The summed E-state index contributed by atoms with van der Waals surface area (Å²) in [5, 5.41) is 10.6. The highest BCUT2D eigenvalue weighted by Gasteiger charge is 2.35. The van der Waals surface area contributed by atoms with Gasteiger partial charge in [0.2, 0.25) is 0 Å². The Morgan fingerprint density at radius 2 is 1.53 bits per heavy atom. The van der Waals surface area contributed by atoms with Crippen LogP contribution in [0.2, 0.25) is 0 Å². The third-order valence-electron chi connectivity index (χ3n) is 5.61. The summed E-state index contributed by atoms with van der Waals surface area (Å²) in [7, 11) is 0. The molecule has 0 spiro atoms. The number of hydrogen-bond acceptors (Lipinski definition) is 5. The number of carbonyl (C=O) groups is 3. The van der Waals surface area contributed by atoms with Crippen LogP contribution in [0.25, 0.3) is 10.8 Å². The number of nitrogens with zero attached hydrogens (tertiary/aromatic N) is 2. The predicted molar refractivity (Wildman–Crippen MR) is 112 cm³/mol. The molecule has 2 aliphatic heterocycles. The van der Waals surface area contributed by atoms with Gasteiger partial charge in [-0.15, -0.1) is 0 Å². The predicted octanol–water partition coefficient (Wildman–Crippen LogP) is 3.18. The van der Waals surface area contributed by atoms with E-state index in [2.05, 4.69) is 4.90 Å². The van der Waals surface area contributed by atoms with Gasteiger partial charge in [-0.05, 0) is 42.5 Å². The van der Waals surface area contributed by atoms with Gasteiger partial charge in [0, 0.05) is 40.7 Å². The van der Waals surface area contributed by atoms with E-state index in [4.69, 9.17) is 9.84 Å². The maximum atomic E-state index is 13.3. The Bertz CT molecular complexity index is 1170. The van der Waals surface area contributed by atoms with Crippen LogP contribution in [0.1, 0.15) is 31.1 Å². The van der Waals surface area contributed by atoms with Crippen LogP contribution >= 0.6 is 0 Å². The minimum absolute atomic E-state index is 0.0910. The van der Waals surface area contributed by atoms with Gasteiger partial charge in [-0.2, -0.15) is 0 Å². The molecule has 0 radical (unpaired) electrons. The van der Waals surface area contributed by atoms with Crippen molar-refractivity contribution in [1.82, 2.24) is 0 Å². The molecular weight excluding hydrogens is 384 g/mol. The van der Waals surface area contributed by atoms with E-state index in [0.717, 1.165) is 29.1 Å². The van der Waals surface area contributed by atoms with Crippen molar-refractivity contribution in [3.05, 3.63) is 71.3 Å². The Labute approximate surface area is 172 Å². The van der Waals surface area contributed by atoms with Crippen LogP contribution < -0.4 is 9.80 Å². The molecule has 150 valence electrons. The molecule has 7 nitrogen and oxygen atoms in total. The molecule has 1 fully saturated rings. The standard InChI is InChI=1S/C23H18N2O5/c26-21-17-3-1-2-16-19(24-10-12-30-13-11-24)9-8-18(20(16)17)22(27)25(21)15-6-4-14(5-7-15)23(28)29/h1-9H,10-13H2,(H,28,29). The monoisotopic (exact) mass is 402 g/mol. The van der Waals surface area contributed by atoms with Gasteiger partial charge in [0.15, 0.2) is 0 Å². The number of rotatable bonds is 3. The number of carboxylic acid groups (broad SMARTS) is 1. The summed E-state index contributed by atoms with van der Waals surface area (Å²) < 4.78 is 5.44.